The first-order valence-electron chi connectivity index (χ1n) is 12.2. The summed E-state index contributed by atoms with van der Waals surface area (Å²) >= 11 is 0. The Bertz CT molecular complexity index is 1040. The molecule has 0 aliphatic carbocycles. The van der Waals surface area contributed by atoms with Gasteiger partial charge >= 0.3 is 6.09 Å². The number of hydrogen-bond donors (Lipinski definition) is 2. The zero-order valence-corrected chi connectivity index (χ0v) is 21.6. The van der Waals surface area contributed by atoms with Gasteiger partial charge in [-0.1, -0.05) is 55.8 Å². The number of carbonyl (C=O) groups is 3. The number of rotatable bonds is 6. The molecule has 0 radical (unpaired) electrons. The molecule has 188 valence electrons. The van der Waals surface area contributed by atoms with Crippen molar-refractivity contribution in [1.82, 2.24) is 10.2 Å². The van der Waals surface area contributed by atoms with Gasteiger partial charge in [-0.2, -0.15) is 0 Å². The van der Waals surface area contributed by atoms with Crippen LogP contribution in [-0.2, 0) is 14.3 Å². The van der Waals surface area contributed by atoms with Crippen LogP contribution in [0.25, 0.3) is 0 Å². The number of ether oxygens (including phenoxy) is 1. The average molecular weight is 480 g/mol. The molecule has 35 heavy (non-hydrogen) atoms. The summed E-state index contributed by atoms with van der Waals surface area (Å²) in [7, 11) is 0. The van der Waals surface area contributed by atoms with Crippen molar-refractivity contribution in [2.45, 2.75) is 78.0 Å². The SMILES string of the molecule is Cc1ccc([C@H](NC(=O)[C@H]2CCCN2C(=O)OC(C)(C)C)C(=O)Nc2ccc(C(C)C)cc2)cc1. The normalized spacial score (nSPS) is 16.7. The Morgan fingerprint density at radius 2 is 1.57 bits per heavy atom. The van der Waals surface area contributed by atoms with Gasteiger partial charge < -0.3 is 15.4 Å². The van der Waals surface area contributed by atoms with Crippen molar-refractivity contribution in [2.75, 3.05) is 11.9 Å². The van der Waals surface area contributed by atoms with Crippen molar-refractivity contribution in [3.8, 4) is 0 Å². The third kappa shape index (κ3) is 7.07. The van der Waals surface area contributed by atoms with Crippen molar-refractivity contribution < 1.29 is 19.1 Å². The largest absolute Gasteiger partial charge is 0.444 e. The van der Waals surface area contributed by atoms with E-state index < -0.39 is 23.8 Å². The second-order valence-corrected chi connectivity index (χ2v) is 10.5. The fourth-order valence-electron chi connectivity index (χ4n) is 4.04. The maximum absolute atomic E-state index is 13.3. The molecule has 2 aromatic carbocycles. The molecule has 0 bridgehead atoms. The lowest BCUT2D eigenvalue weighted by Crippen LogP contribution is -2.49. The van der Waals surface area contributed by atoms with Gasteiger partial charge in [-0.3, -0.25) is 14.5 Å². The minimum atomic E-state index is -0.908. The van der Waals surface area contributed by atoms with Crippen LogP contribution < -0.4 is 10.6 Å². The van der Waals surface area contributed by atoms with Gasteiger partial charge in [0.2, 0.25) is 5.91 Å². The first-order chi connectivity index (χ1) is 16.4. The Balaban J connectivity index is 1.79. The fourth-order valence-corrected chi connectivity index (χ4v) is 4.04. The second-order valence-electron chi connectivity index (χ2n) is 10.5. The molecule has 2 aromatic rings. The number of carbonyl (C=O) groups excluding carboxylic acids is 3. The van der Waals surface area contributed by atoms with E-state index in [1.54, 1.807) is 20.8 Å². The molecule has 0 spiro atoms. The highest BCUT2D eigenvalue weighted by atomic mass is 16.6. The third-order valence-electron chi connectivity index (χ3n) is 5.99. The van der Waals surface area contributed by atoms with Crippen molar-refractivity contribution in [1.29, 1.82) is 0 Å². The lowest BCUT2D eigenvalue weighted by Gasteiger charge is -2.29. The van der Waals surface area contributed by atoms with Gasteiger partial charge in [0, 0.05) is 12.2 Å². The average Bonchev–Trinajstić information content (AvgIpc) is 3.28. The highest BCUT2D eigenvalue weighted by molar-refractivity contribution is 5.99. The van der Waals surface area contributed by atoms with E-state index in [2.05, 4.69) is 24.5 Å². The number of aryl methyl sites for hydroxylation is 1. The molecule has 3 rings (SSSR count). The smallest absolute Gasteiger partial charge is 0.410 e. The van der Waals surface area contributed by atoms with Crippen molar-refractivity contribution in [3.63, 3.8) is 0 Å². The number of likely N-dealkylation sites (tertiary alicyclic amines) is 1. The predicted molar refractivity (Wildman–Crippen MR) is 137 cm³/mol. The Morgan fingerprint density at radius 1 is 0.971 bits per heavy atom. The van der Waals surface area contributed by atoms with Gasteiger partial charge in [-0.05, 0) is 69.7 Å². The summed E-state index contributed by atoms with van der Waals surface area (Å²) in [5.74, 6) is -0.329. The Morgan fingerprint density at radius 3 is 2.14 bits per heavy atom. The van der Waals surface area contributed by atoms with Gasteiger partial charge in [0.15, 0.2) is 0 Å². The molecule has 1 fully saturated rings. The number of benzene rings is 2. The Hall–Kier alpha value is -3.35. The number of nitrogens with one attached hydrogen (secondary N) is 2. The standard InChI is InChI=1S/C28H37N3O4/c1-18(2)20-13-15-22(16-14-20)29-26(33)24(21-11-9-19(3)10-12-21)30-25(32)23-8-7-17-31(23)27(34)35-28(4,5)6/h9-16,18,23-24H,7-8,17H2,1-6H3,(H,29,33)(H,30,32)/t23-,24+/m1/s1. The van der Waals surface area contributed by atoms with Crippen LogP contribution in [0.1, 0.15) is 76.1 Å². The maximum atomic E-state index is 13.3. The molecular weight excluding hydrogens is 442 g/mol. The van der Waals surface area contributed by atoms with E-state index in [-0.39, 0.29) is 11.8 Å². The molecule has 1 aliphatic rings. The molecule has 3 amide bonds. The van der Waals surface area contributed by atoms with Crippen LogP contribution in [0.15, 0.2) is 48.5 Å². The number of nitrogens with zero attached hydrogens (tertiary/aromatic N) is 1. The Labute approximate surface area is 208 Å². The van der Waals surface area contributed by atoms with E-state index in [4.69, 9.17) is 4.74 Å². The van der Waals surface area contributed by atoms with Crippen LogP contribution in [0.4, 0.5) is 10.5 Å². The van der Waals surface area contributed by atoms with Crippen LogP contribution in [0.2, 0.25) is 0 Å². The summed E-state index contributed by atoms with van der Waals surface area (Å²) < 4.78 is 5.49. The lowest BCUT2D eigenvalue weighted by atomic mass is 10.0. The van der Waals surface area contributed by atoms with Gasteiger partial charge in [0.1, 0.15) is 17.7 Å². The Kier molecular flexibility index (Phi) is 8.20. The highest BCUT2D eigenvalue weighted by Gasteiger charge is 2.38. The van der Waals surface area contributed by atoms with Crippen LogP contribution >= 0.6 is 0 Å². The summed E-state index contributed by atoms with van der Waals surface area (Å²) in [5, 5.41) is 5.81. The van der Waals surface area contributed by atoms with Gasteiger partial charge in [0.05, 0.1) is 0 Å². The van der Waals surface area contributed by atoms with Crippen molar-refractivity contribution >= 4 is 23.6 Å². The zero-order valence-electron chi connectivity index (χ0n) is 21.6. The van der Waals surface area contributed by atoms with Gasteiger partial charge in [-0.25, -0.2) is 4.79 Å². The molecule has 0 saturated carbocycles. The van der Waals surface area contributed by atoms with Gasteiger partial charge in [0.25, 0.3) is 5.91 Å². The highest BCUT2D eigenvalue weighted by Crippen LogP contribution is 2.24. The monoisotopic (exact) mass is 479 g/mol. The second kappa shape index (κ2) is 10.9. The minimum absolute atomic E-state index is 0.346. The molecular formula is C28H37N3O4. The van der Waals surface area contributed by atoms with E-state index in [1.165, 1.54) is 10.5 Å². The van der Waals surface area contributed by atoms with Crippen LogP contribution in [0.5, 0.6) is 0 Å². The molecule has 2 atom stereocenters. The topological polar surface area (TPSA) is 87.7 Å². The fraction of sp³-hybridized carbons (Fsp3) is 0.464. The third-order valence-corrected chi connectivity index (χ3v) is 5.99. The molecule has 7 nitrogen and oxygen atoms in total. The molecule has 7 heteroatoms. The zero-order chi connectivity index (χ0) is 25.8. The molecule has 0 unspecified atom stereocenters. The summed E-state index contributed by atoms with van der Waals surface area (Å²) in [6.07, 6.45) is 0.696. The summed E-state index contributed by atoms with van der Waals surface area (Å²) in [6, 6.07) is 13.6. The summed E-state index contributed by atoms with van der Waals surface area (Å²) in [4.78, 5) is 40.8. The number of amides is 3. The van der Waals surface area contributed by atoms with Crippen LogP contribution in [-0.4, -0.2) is 41.0 Å². The van der Waals surface area contributed by atoms with E-state index in [9.17, 15) is 14.4 Å². The molecule has 1 aliphatic heterocycles. The summed E-state index contributed by atoms with van der Waals surface area (Å²) in [6.45, 7) is 12.0. The van der Waals surface area contributed by atoms with Crippen molar-refractivity contribution in [2.24, 2.45) is 0 Å². The molecule has 2 N–H and O–H groups in total. The van der Waals surface area contributed by atoms with E-state index in [1.807, 2.05) is 55.5 Å². The number of anilines is 1. The van der Waals surface area contributed by atoms with E-state index >= 15 is 0 Å². The summed E-state index contributed by atoms with van der Waals surface area (Å²) in [5.41, 5.74) is 2.89. The molecule has 1 heterocycles. The first kappa shape index (κ1) is 26.3. The minimum Gasteiger partial charge on any atom is -0.444 e. The van der Waals surface area contributed by atoms with E-state index in [0.717, 1.165) is 5.56 Å². The van der Waals surface area contributed by atoms with Crippen LogP contribution in [0, 0.1) is 6.92 Å². The predicted octanol–water partition coefficient (Wildman–Crippen LogP) is 5.31. The van der Waals surface area contributed by atoms with E-state index in [0.29, 0.717) is 36.6 Å². The number of hydrogen-bond acceptors (Lipinski definition) is 4. The first-order valence-corrected chi connectivity index (χ1v) is 12.2. The maximum Gasteiger partial charge on any atom is 0.410 e. The molecule has 1 saturated heterocycles. The van der Waals surface area contributed by atoms with Crippen molar-refractivity contribution in [3.05, 3.63) is 65.2 Å². The van der Waals surface area contributed by atoms with Gasteiger partial charge in [-0.15, -0.1) is 0 Å². The quantitative estimate of drug-likeness (QED) is 0.587. The molecule has 0 aromatic heterocycles. The van der Waals surface area contributed by atoms with Crippen LogP contribution in [0.3, 0.4) is 0 Å². The lowest BCUT2D eigenvalue weighted by molar-refractivity contribution is -0.129.